The van der Waals surface area contributed by atoms with Crippen molar-refractivity contribution in [1.82, 2.24) is 10.3 Å². The maximum absolute atomic E-state index is 11.8. The highest BCUT2D eigenvalue weighted by Crippen LogP contribution is 2.05. The fraction of sp³-hybridized carbons (Fsp3) is 0.417. The standard InChI is InChI=1S/C12H17N3O2/c1-8(2)6-10(11(13)16)15-12(17)9-4-3-5-14-7-9/h3-5,7-8,10H,6H2,1-2H3,(H2,13,16)(H,15,17)/t10-/m0/s1. The Labute approximate surface area is 100 Å². The topological polar surface area (TPSA) is 85.1 Å². The second-order valence-electron chi connectivity index (χ2n) is 4.30. The number of nitrogens with two attached hydrogens (primary N) is 1. The summed E-state index contributed by atoms with van der Waals surface area (Å²) in [5, 5.41) is 2.61. The van der Waals surface area contributed by atoms with E-state index in [9.17, 15) is 9.59 Å². The molecule has 5 heteroatoms. The third-order valence-corrected chi connectivity index (χ3v) is 2.28. The zero-order valence-electron chi connectivity index (χ0n) is 10.0. The van der Waals surface area contributed by atoms with Crippen LogP contribution in [0, 0.1) is 5.92 Å². The lowest BCUT2D eigenvalue weighted by Gasteiger charge is -2.17. The Bertz CT molecular complexity index is 390. The van der Waals surface area contributed by atoms with Crippen molar-refractivity contribution in [3.05, 3.63) is 30.1 Å². The van der Waals surface area contributed by atoms with Crippen molar-refractivity contribution in [3.8, 4) is 0 Å². The van der Waals surface area contributed by atoms with Crippen molar-refractivity contribution in [2.45, 2.75) is 26.3 Å². The number of hydrogen-bond acceptors (Lipinski definition) is 3. The van der Waals surface area contributed by atoms with E-state index in [-0.39, 0.29) is 11.8 Å². The van der Waals surface area contributed by atoms with Gasteiger partial charge in [0.1, 0.15) is 6.04 Å². The quantitative estimate of drug-likeness (QED) is 0.788. The summed E-state index contributed by atoms with van der Waals surface area (Å²) in [7, 11) is 0. The average molecular weight is 235 g/mol. The van der Waals surface area contributed by atoms with Gasteiger partial charge in [-0.1, -0.05) is 13.8 Å². The van der Waals surface area contributed by atoms with Crippen molar-refractivity contribution in [2.24, 2.45) is 11.7 Å². The lowest BCUT2D eigenvalue weighted by molar-refractivity contribution is -0.120. The number of aromatic nitrogens is 1. The number of hydrogen-bond donors (Lipinski definition) is 2. The number of amides is 2. The monoisotopic (exact) mass is 235 g/mol. The highest BCUT2D eigenvalue weighted by Gasteiger charge is 2.19. The van der Waals surface area contributed by atoms with Crippen LogP contribution in [-0.2, 0) is 4.79 Å². The Morgan fingerprint density at radius 2 is 2.18 bits per heavy atom. The highest BCUT2D eigenvalue weighted by molar-refractivity contribution is 5.96. The van der Waals surface area contributed by atoms with E-state index in [0.29, 0.717) is 12.0 Å². The molecule has 0 saturated heterocycles. The molecule has 0 unspecified atom stereocenters. The van der Waals surface area contributed by atoms with Crippen LogP contribution in [0.2, 0.25) is 0 Å². The normalized spacial score (nSPS) is 12.2. The zero-order chi connectivity index (χ0) is 12.8. The van der Waals surface area contributed by atoms with Gasteiger partial charge >= 0.3 is 0 Å². The summed E-state index contributed by atoms with van der Waals surface area (Å²) < 4.78 is 0. The second-order valence-corrected chi connectivity index (χ2v) is 4.30. The van der Waals surface area contributed by atoms with Crippen LogP contribution in [-0.4, -0.2) is 22.8 Å². The predicted molar refractivity (Wildman–Crippen MR) is 64.1 cm³/mol. The lowest BCUT2D eigenvalue weighted by Crippen LogP contribution is -2.45. The molecule has 0 bridgehead atoms. The van der Waals surface area contributed by atoms with Gasteiger partial charge in [-0.2, -0.15) is 0 Å². The van der Waals surface area contributed by atoms with Crippen molar-refractivity contribution in [2.75, 3.05) is 0 Å². The first-order chi connectivity index (χ1) is 8.00. The number of nitrogens with one attached hydrogen (secondary N) is 1. The SMILES string of the molecule is CC(C)C[C@H](NC(=O)c1cccnc1)C(N)=O. The number of carbonyl (C=O) groups excluding carboxylic acids is 2. The Morgan fingerprint density at radius 3 is 2.65 bits per heavy atom. The summed E-state index contributed by atoms with van der Waals surface area (Å²) in [4.78, 5) is 26.8. The van der Waals surface area contributed by atoms with E-state index < -0.39 is 11.9 Å². The van der Waals surface area contributed by atoms with Crippen LogP contribution in [0.4, 0.5) is 0 Å². The Kier molecular flexibility index (Phi) is 4.63. The van der Waals surface area contributed by atoms with E-state index >= 15 is 0 Å². The van der Waals surface area contributed by atoms with Crippen LogP contribution in [0.15, 0.2) is 24.5 Å². The minimum Gasteiger partial charge on any atom is -0.368 e. The van der Waals surface area contributed by atoms with Gasteiger partial charge in [0.2, 0.25) is 5.91 Å². The lowest BCUT2D eigenvalue weighted by atomic mass is 10.0. The molecule has 1 aromatic heterocycles. The van der Waals surface area contributed by atoms with E-state index in [4.69, 9.17) is 5.73 Å². The summed E-state index contributed by atoms with van der Waals surface area (Å²) >= 11 is 0. The van der Waals surface area contributed by atoms with Crippen LogP contribution < -0.4 is 11.1 Å². The summed E-state index contributed by atoms with van der Waals surface area (Å²) in [5.74, 6) is -0.569. The molecule has 1 aromatic rings. The molecule has 17 heavy (non-hydrogen) atoms. The van der Waals surface area contributed by atoms with E-state index in [1.165, 1.54) is 6.20 Å². The molecule has 0 fully saturated rings. The van der Waals surface area contributed by atoms with Crippen LogP contribution in [0.5, 0.6) is 0 Å². The maximum atomic E-state index is 11.8. The van der Waals surface area contributed by atoms with Gasteiger partial charge in [-0.3, -0.25) is 14.6 Å². The molecule has 0 aliphatic carbocycles. The van der Waals surface area contributed by atoms with Gasteiger partial charge in [0.05, 0.1) is 5.56 Å². The summed E-state index contributed by atoms with van der Waals surface area (Å²) in [6.07, 6.45) is 3.56. The summed E-state index contributed by atoms with van der Waals surface area (Å²) in [6, 6.07) is 2.66. The molecule has 0 saturated carbocycles. The van der Waals surface area contributed by atoms with Crippen LogP contribution in [0.3, 0.4) is 0 Å². The van der Waals surface area contributed by atoms with Gasteiger partial charge in [-0.25, -0.2) is 0 Å². The van der Waals surface area contributed by atoms with Crippen LogP contribution in [0.25, 0.3) is 0 Å². The average Bonchev–Trinajstić information content (AvgIpc) is 2.28. The Hall–Kier alpha value is -1.91. The molecular formula is C12H17N3O2. The molecule has 5 nitrogen and oxygen atoms in total. The molecule has 1 atom stereocenters. The first kappa shape index (κ1) is 13.2. The zero-order valence-corrected chi connectivity index (χ0v) is 10.0. The van der Waals surface area contributed by atoms with Crippen molar-refractivity contribution in [3.63, 3.8) is 0 Å². The molecule has 0 spiro atoms. The minimum absolute atomic E-state index is 0.279. The number of pyridine rings is 1. The molecule has 0 aliphatic rings. The van der Waals surface area contributed by atoms with Gasteiger partial charge in [0.25, 0.3) is 5.91 Å². The number of rotatable bonds is 5. The molecule has 2 amide bonds. The molecule has 1 heterocycles. The first-order valence-corrected chi connectivity index (χ1v) is 5.51. The fourth-order valence-electron chi connectivity index (χ4n) is 1.46. The van der Waals surface area contributed by atoms with Crippen molar-refractivity contribution >= 4 is 11.8 Å². The van der Waals surface area contributed by atoms with Gasteiger partial charge in [0.15, 0.2) is 0 Å². The summed E-state index contributed by atoms with van der Waals surface area (Å²) in [5.41, 5.74) is 5.66. The third kappa shape index (κ3) is 4.22. The van der Waals surface area contributed by atoms with Gasteiger partial charge in [-0.15, -0.1) is 0 Å². The molecule has 0 radical (unpaired) electrons. The van der Waals surface area contributed by atoms with Gasteiger partial charge < -0.3 is 11.1 Å². The van der Waals surface area contributed by atoms with Crippen LogP contribution >= 0.6 is 0 Å². The number of primary amides is 1. The molecule has 0 aliphatic heterocycles. The number of carbonyl (C=O) groups is 2. The molecular weight excluding hydrogens is 218 g/mol. The Morgan fingerprint density at radius 1 is 1.47 bits per heavy atom. The highest BCUT2D eigenvalue weighted by atomic mass is 16.2. The second kappa shape index (κ2) is 5.98. The van der Waals surface area contributed by atoms with Crippen molar-refractivity contribution in [1.29, 1.82) is 0 Å². The minimum atomic E-state index is -0.636. The largest absolute Gasteiger partial charge is 0.368 e. The fourth-order valence-corrected chi connectivity index (χ4v) is 1.46. The van der Waals surface area contributed by atoms with Crippen molar-refractivity contribution < 1.29 is 9.59 Å². The molecule has 0 aromatic carbocycles. The third-order valence-electron chi connectivity index (χ3n) is 2.28. The molecule has 92 valence electrons. The van der Waals surface area contributed by atoms with E-state index in [1.807, 2.05) is 13.8 Å². The first-order valence-electron chi connectivity index (χ1n) is 5.51. The van der Waals surface area contributed by atoms with Crippen LogP contribution in [0.1, 0.15) is 30.6 Å². The smallest absolute Gasteiger partial charge is 0.253 e. The number of nitrogens with zero attached hydrogens (tertiary/aromatic N) is 1. The Balaban J connectivity index is 2.68. The van der Waals surface area contributed by atoms with E-state index in [2.05, 4.69) is 10.3 Å². The summed E-state index contributed by atoms with van der Waals surface area (Å²) in [6.45, 7) is 3.93. The molecule has 1 rings (SSSR count). The maximum Gasteiger partial charge on any atom is 0.253 e. The van der Waals surface area contributed by atoms with E-state index in [1.54, 1.807) is 18.3 Å². The van der Waals surface area contributed by atoms with Gasteiger partial charge in [-0.05, 0) is 24.5 Å². The van der Waals surface area contributed by atoms with E-state index in [0.717, 1.165) is 0 Å². The predicted octanol–water partition coefficient (Wildman–Crippen LogP) is 0.711. The van der Waals surface area contributed by atoms with Gasteiger partial charge in [0, 0.05) is 12.4 Å². The molecule has 3 N–H and O–H groups in total.